The van der Waals surface area contributed by atoms with Crippen LogP contribution in [-0.2, 0) is 14.3 Å². The number of nitrogens with zero attached hydrogens (tertiary/aromatic N) is 1. The number of carbonyl (C=O) groups excluding carboxylic acids is 3. The maximum Gasteiger partial charge on any atom is 0.408 e. The van der Waals surface area contributed by atoms with Gasteiger partial charge in [0.05, 0.1) is 0 Å². The molecular formula is C27H45N3O5. The van der Waals surface area contributed by atoms with Crippen LogP contribution in [0.25, 0.3) is 0 Å². The molecule has 0 bridgehead atoms. The SMILES string of the molecule is CCC(C)C(NC(=O)OC(C)(C)C)C(=O)N(C(C(=O)NC(C)(C)C)c1ccc(O)cc1)C(C)(C)C. The molecule has 8 heteroatoms. The third-order valence-corrected chi connectivity index (χ3v) is 5.32. The Kier molecular flexibility index (Phi) is 9.78. The van der Waals surface area contributed by atoms with Gasteiger partial charge < -0.3 is 25.4 Å². The molecule has 35 heavy (non-hydrogen) atoms. The number of alkyl carbamates (subject to hydrolysis) is 1. The largest absolute Gasteiger partial charge is 0.508 e. The summed E-state index contributed by atoms with van der Waals surface area (Å²) in [5.41, 5.74) is -1.49. The number of aromatic hydroxyl groups is 1. The number of nitrogens with one attached hydrogen (secondary N) is 2. The van der Waals surface area contributed by atoms with Gasteiger partial charge in [-0.2, -0.15) is 0 Å². The van der Waals surface area contributed by atoms with E-state index in [0.717, 1.165) is 0 Å². The predicted molar refractivity (Wildman–Crippen MR) is 138 cm³/mol. The average Bonchev–Trinajstić information content (AvgIpc) is 2.66. The maximum atomic E-state index is 14.2. The lowest BCUT2D eigenvalue weighted by atomic mass is 9.91. The second kappa shape index (κ2) is 11.3. The number of phenols is 1. The van der Waals surface area contributed by atoms with E-state index in [1.165, 1.54) is 17.0 Å². The molecule has 3 N–H and O–H groups in total. The van der Waals surface area contributed by atoms with E-state index in [1.807, 2.05) is 55.4 Å². The Bertz CT molecular complexity index is 876. The molecule has 198 valence electrons. The lowest BCUT2D eigenvalue weighted by molar-refractivity contribution is -0.150. The predicted octanol–water partition coefficient (Wildman–Crippen LogP) is 4.91. The summed E-state index contributed by atoms with van der Waals surface area (Å²) in [5, 5.41) is 15.6. The summed E-state index contributed by atoms with van der Waals surface area (Å²) in [6.45, 7) is 20.2. The second-order valence-corrected chi connectivity index (χ2v) is 12.1. The molecule has 3 amide bonds. The number of rotatable bonds is 7. The van der Waals surface area contributed by atoms with Crippen molar-refractivity contribution in [3.63, 3.8) is 0 Å². The molecule has 1 rings (SSSR count). The number of carbonyl (C=O) groups is 3. The fraction of sp³-hybridized carbons (Fsp3) is 0.667. The van der Waals surface area contributed by atoms with E-state index >= 15 is 0 Å². The Labute approximate surface area is 210 Å². The van der Waals surface area contributed by atoms with Gasteiger partial charge in [0.25, 0.3) is 0 Å². The highest BCUT2D eigenvalue weighted by molar-refractivity contribution is 5.93. The summed E-state index contributed by atoms with van der Waals surface area (Å²) in [7, 11) is 0. The maximum absolute atomic E-state index is 14.2. The molecule has 0 saturated heterocycles. The first-order valence-electron chi connectivity index (χ1n) is 12.2. The van der Waals surface area contributed by atoms with E-state index in [9.17, 15) is 19.5 Å². The highest BCUT2D eigenvalue weighted by Gasteiger charge is 2.43. The van der Waals surface area contributed by atoms with E-state index in [-0.39, 0.29) is 23.5 Å². The molecular weight excluding hydrogens is 446 g/mol. The van der Waals surface area contributed by atoms with Gasteiger partial charge in [-0.25, -0.2) is 4.79 Å². The minimum absolute atomic E-state index is 0.0569. The van der Waals surface area contributed by atoms with Gasteiger partial charge in [0.15, 0.2) is 0 Å². The summed E-state index contributed by atoms with van der Waals surface area (Å²) < 4.78 is 5.42. The Morgan fingerprint density at radius 3 is 1.89 bits per heavy atom. The number of amides is 3. The Hall–Kier alpha value is -2.77. The van der Waals surface area contributed by atoms with E-state index in [0.29, 0.717) is 12.0 Å². The zero-order chi connectivity index (χ0) is 27.4. The van der Waals surface area contributed by atoms with Crippen molar-refractivity contribution >= 4 is 17.9 Å². The molecule has 1 aromatic rings. The molecule has 0 aliphatic heterocycles. The average molecular weight is 492 g/mol. The van der Waals surface area contributed by atoms with E-state index < -0.39 is 34.9 Å². The van der Waals surface area contributed by atoms with Gasteiger partial charge >= 0.3 is 6.09 Å². The van der Waals surface area contributed by atoms with Gasteiger partial charge in [0.2, 0.25) is 11.8 Å². The zero-order valence-corrected chi connectivity index (χ0v) is 23.3. The molecule has 3 atom stereocenters. The number of benzene rings is 1. The van der Waals surface area contributed by atoms with Crippen LogP contribution < -0.4 is 10.6 Å². The van der Waals surface area contributed by atoms with Crippen molar-refractivity contribution in [3.8, 4) is 5.75 Å². The first-order chi connectivity index (χ1) is 15.8. The fourth-order valence-electron chi connectivity index (χ4n) is 3.62. The lowest BCUT2D eigenvalue weighted by Gasteiger charge is -2.44. The second-order valence-electron chi connectivity index (χ2n) is 12.1. The molecule has 0 aliphatic carbocycles. The van der Waals surface area contributed by atoms with Crippen LogP contribution in [0.1, 0.15) is 94.2 Å². The molecule has 3 unspecified atom stereocenters. The third-order valence-electron chi connectivity index (χ3n) is 5.32. The number of ether oxygens (including phenoxy) is 1. The smallest absolute Gasteiger partial charge is 0.408 e. The summed E-state index contributed by atoms with van der Waals surface area (Å²) >= 11 is 0. The minimum Gasteiger partial charge on any atom is -0.508 e. The van der Waals surface area contributed by atoms with Crippen LogP contribution in [0.3, 0.4) is 0 Å². The first kappa shape index (κ1) is 30.3. The Morgan fingerprint density at radius 2 is 1.49 bits per heavy atom. The first-order valence-corrected chi connectivity index (χ1v) is 12.2. The van der Waals surface area contributed by atoms with Crippen molar-refractivity contribution in [2.75, 3.05) is 0 Å². The number of hydrogen-bond donors (Lipinski definition) is 3. The number of phenolic OH excluding ortho intramolecular Hbond substituents is 1. The summed E-state index contributed by atoms with van der Waals surface area (Å²) in [6.07, 6.45) is -0.0623. The van der Waals surface area contributed by atoms with E-state index in [4.69, 9.17) is 4.74 Å². The lowest BCUT2D eigenvalue weighted by Crippen LogP contribution is -2.60. The molecule has 0 aliphatic rings. The van der Waals surface area contributed by atoms with Crippen molar-refractivity contribution in [2.45, 2.75) is 111 Å². The van der Waals surface area contributed by atoms with Crippen molar-refractivity contribution in [3.05, 3.63) is 29.8 Å². The zero-order valence-electron chi connectivity index (χ0n) is 23.3. The van der Waals surface area contributed by atoms with Crippen molar-refractivity contribution in [1.82, 2.24) is 15.5 Å². The highest BCUT2D eigenvalue weighted by atomic mass is 16.6. The van der Waals surface area contributed by atoms with Crippen molar-refractivity contribution in [1.29, 1.82) is 0 Å². The van der Waals surface area contributed by atoms with E-state index in [1.54, 1.807) is 32.9 Å². The fourth-order valence-corrected chi connectivity index (χ4v) is 3.62. The van der Waals surface area contributed by atoms with Crippen LogP contribution in [0.2, 0.25) is 0 Å². The molecule has 0 saturated carbocycles. The normalized spacial score (nSPS) is 14.9. The molecule has 1 aromatic carbocycles. The van der Waals surface area contributed by atoms with Crippen LogP contribution in [-0.4, -0.2) is 50.6 Å². The summed E-state index contributed by atoms with van der Waals surface area (Å²) in [6, 6.07) is 4.35. The minimum atomic E-state index is -0.991. The Morgan fingerprint density at radius 1 is 0.971 bits per heavy atom. The summed E-state index contributed by atoms with van der Waals surface area (Å²) in [4.78, 5) is 42.0. The van der Waals surface area contributed by atoms with Crippen LogP contribution in [0, 0.1) is 5.92 Å². The van der Waals surface area contributed by atoms with Crippen molar-refractivity contribution in [2.24, 2.45) is 5.92 Å². The molecule has 8 nitrogen and oxygen atoms in total. The van der Waals surface area contributed by atoms with Gasteiger partial charge in [-0.05, 0) is 85.9 Å². The van der Waals surface area contributed by atoms with Crippen LogP contribution >= 0.6 is 0 Å². The van der Waals surface area contributed by atoms with Gasteiger partial charge in [-0.15, -0.1) is 0 Å². The standard InChI is InChI=1S/C27H45N3O5/c1-12-17(2)20(28-24(34)35-27(9,10)11)23(33)30(26(6,7)8)21(22(32)29-25(3,4)5)18-13-15-19(31)16-14-18/h13-17,20-21,31H,12H2,1-11H3,(H,28,34)(H,29,32). The molecule has 0 heterocycles. The van der Waals surface area contributed by atoms with Gasteiger partial charge in [0.1, 0.15) is 23.4 Å². The number of hydrogen-bond acceptors (Lipinski definition) is 5. The van der Waals surface area contributed by atoms with Crippen LogP contribution in [0.5, 0.6) is 5.75 Å². The van der Waals surface area contributed by atoms with Crippen LogP contribution in [0.4, 0.5) is 4.79 Å². The van der Waals surface area contributed by atoms with Crippen molar-refractivity contribution < 1.29 is 24.2 Å². The van der Waals surface area contributed by atoms with Gasteiger partial charge in [0, 0.05) is 11.1 Å². The third kappa shape index (κ3) is 9.42. The van der Waals surface area contributed by atoms with Gasteiger partial charge in [-0.3, -0.25) is 9.59 Å². The monoisotopic (exact) mass is 491 g/mol. The molecule has 0 spiro atoms. The Balaban J connectivity index is 3.61. The molecule has 0 fully saturated rings. The quantitative estimate of drug-likeness (QED) is 0.502. The molecule has 0 aromatic heterocycles. The highest BCUT2D eigenvalue weighted by Crippen LogP contribution is 2.32. The summed E-state index contributed by atoms with van der Waals surface area (Å²) in [5.74, 6) is -0.904. The van der Waals surface area contributed by atoms with Crippen LogP contribution in [0.15, 0.2) is 24.3 Å². The van der Waals surface area contributed by atoms with Gasteiger partial charge in [-0.1, -0.05) is 32.4 Å². The topological polar surface area (TPSA) is 108 Å². The molecule has 0 radical (unpaired) electrons. The van der Waals surface area contributed by atoms with E-state index in [2.05, 4.69) is 10.6 Å².